The molecule has 5 nitrogen and oxygen atoms in total. The van der Waals surface area contributed by atoms with Gasteiger partial charge in [-0.3, -0.25) is 9.78 Å². The Morgan fingerprint density at radius 2 is 1.92 bits per heavy atom. The van der Waals surface area contributed by atoms with Crippen LogP contribution in [-0.4, -0.2) is 27.6 Å². The molecule has 0 fully saturated rings. The van der Waals surface area contributed by atoms with Crippen LogP contribution in [0.2, 0.25) is 0 Å². The van der Waals surface area contributed by atoms with Crippen molar-refractivity contribution in [1.29, 1.82) is 0 Å². The number of aromatic hydroxyl groups is 1. The average molecular weight is 350 g/mol. The number of amides is 1. The van der Waals surface area contributed by atoms with Crippen LogP contribution in [0.5, 0.6) is 5.75 Å². The van der Waals surface area contributed by atoms with Gasteiger partial charge in [0.2, 0.25) is 0 Å². The molecule has 26 heavy (non-hydrogen) atoms. The SMILES string of the molecule is Cc1cc(C)c2nc(C)cc(C(=O)NC[C@H](O)c3cccc(O)c3)c2c1. The Bertz CT molecular complexity index is 982. The quantitative estimate of drug-likeness (QED) is 0.674. The molecule has 0 bridgehead atoms. The minimum atomic E-state index is -0.899. The highest BCUT2D eigenvalue weighted by molar-refractivity contribution is 6.07. The Labute approximate surface area is 152 Å². The molecule has 1 atom stereocenters. The number of fused-ring (bicyclic) bond motifs is 1. The Morgan fingerprint density at radius 1 is 1.15 bits per heavy atom. The molecule has 0 aliphatic carbocycles. The fourth-order valence-electron chi connectivity index (χ4n) is 3.13. The number of phenols is 1. The summed E-state index contributed by atoms with van der Waals surface area (Å²) in [4.78, 5) is 17.3. The molecule has 1 heterocycles. The van der Waals surface area contributed by atoms with E-state index in [2.05, 4.69) is 10.3 Å². The highest BCUT2D eigenvalue weighted by atomic mass is 16.3. The van der Waals surface area contributed by atoms with Gasteiger partial charge in [0.25, 0.3) is 5.91 Å². The molecule has 3 N–H and O–H groups in total. The molecule has 0 radical (unpaired) electrons. The van der Waals surface area contributed by atoms with E-state index in [4.69, 9.17) is 0 Å². The van der Waals surface area contributed by atoms with Gasteiger partial charge in [-0.15, -0.1) is 0 Å². The highest BCUT2D eigenvalue weighted by Crippen LogP contribution is 2.24. The van der Waals surface area contributed by atoms with Gasteiger partial charge in [0.1, 0.15) is 5.75 Å². The van der Waals surface area contributed by atoms with Crippen LogP contribution in [0.3, 0.4) is 0 Å². The van der Waals surface area contributed by atoms with Crippen molar-refractivity contribution in [1.82, 2.24) is 10.3 Å². The fourth-order valence-corrected chi connectivity index (χ4v) is 3.13. The minimum Gasteiger partial charge on any atom is -0.508 e. The molecule has 0 spiro atoms. The van der Waals surface area contributed by atoms with Gasteiger partial charge in [-0.05, 0) is 56.2 Å². The van der Waals surface area contributed by atoms with E-state index in [1.54, 1.807) is 18.2 Å². The zero-order valence-corrected chi connectivity index (χ0v) is 15.1. The number of phenolic OH excluding ortho intramolecular Hbond substituents is 1. The number of aryl methyl sites for hydroxylation is 3. The van der Waals surface area contributed by atoms with Crippen LogP contribution >= 0.6 is 0 Å². The molecule has 3 aromatic rings. The minimum absolute atomic E-state index is 0.0515. The number of aliphatic hydroxyl groups is 1. The largest absolute Gasteiger partial charge is 0.508 e. The Hall–Kier alpha value is -2.92. The molecule has 134 valence electrons. The summed E-state index contributed by atoms with van der Waals surface area (Å²) in [6.07, 6.45) is -0.899. The summed E-state index contributed by atoms with van der Waals surface area (Å²) in [5.74, 6) is -0.181. The number of aliphatic hydroxyl groups excluding tert-OH is 1. The first-order valence-electron chi connectivity index (χ1n) is 8.49. The molecule has 0 unspecified atom stereocenters. The fraction of sp³-hybridized carbons (Fsp3) is 0.238. The predicted octanol–water partition coefficient (Wildman–Crippen LogP) is 3.33. The standard InChI is InChI=1S/C21H22N2O3/c1-12-7-13(2)20-17(8-12)18(9-14(3)23-20)21(26)22-11-19(25)15-5-4-6-16(24)10-15/h4-10,19,24-25H,11H2,1-3H3,(H,22,26)/t19-/m0/s1. The lowest BCUT2D eigenvalue weighted by molar-refractivity contribution is 0.0918. The lowest BCUT2D eigenvalue weighted by Gasteiger charge is -2.14. The van der Waals surface area contributed by atoms with Crippen molar-refractivity contribution in [3.8, 4) is 5.75 Å². The number of carbonyl (C=O) groups excluding carboxylic acids is 1. The van der Waals surface area contributed by atoms with Crippen molar-refractivity contribution >= 4 is 16.8 Å². The van der Waals surface area contributed by atoms with Crippen LogP contribution in [0.15, 0.2) is 42.5 Å². The molecular formula is C21H22N2O3. The second-order valence-corrected chi connectivity index (χ2v) is 6.61. The van der Waals surface area contributed by atoms with Crippen LogP contribution < -0.4 is 5.32 Å². The molecule has 0 saturated carbocycles. The van der Waals surface area contributed by atoms with E-state index in [-0.39, 0.29) is 18.2 Å². The van der Waals surface area contributed by atoms with Gasteiger partial charge in [0.05, 0.1) is 17.2 Å². The maximum absolute atomic E-state index is 12.7. The molecule has 0 saturated heterocycles. The maximum Gasteiger partial charge on any atom is 0.252 e. The monoisotopic (exact) mass is 350 g/mol. The van der Waals surface area contributed by atoms with E-state index in [0.29, 0.717) is 11.1 Å². The van der Waals surface area contributed by atoms with Crippen LogP contribution in [0.4, 0.5) is 0 Å². The second-order valence-electron chi connectivity index (χ2n) is 6.61. The topological polar surface area (TPSA) is 82.5 Å². The first-order valence-corrected chi connectivity index (χ1v) is 8.49. The summed E-state index contributed by atoms with van der Waals surface area (Å²) in [6, 6.07) is 12.1. The highest BCUT2D eigenvalue weighted by Gasteiger charge is 2.16. The molecule has 5 heteroatoms. The number of hydrogen-bond donors (Lipinski definition) is 3. The van der Waals surface area contributed by atoms with Gasteiger partial charge in [0.15, 0.2) is 0 Å². The third kappa shape index (κ3) is 3.68. The Balaban J connectivity index is 1.86. The van der Waals surface area contributed by atoms with Gasteiger partial charge in [-0.1, -0.05) is 23.8 Å². The van der Waals surface area contributed by atoms with E-state index in [9.17, 15) is 15.0 Å². The maximum atomic E-state index is 12.7. The van der Waals surface area contributed by atoms with Gasteiger partial charge in [-0.2, -0.15) is 0 Å². The number of carbonyl (C=O) groups is 1. The zero-order chi connectivity index (χ0) is 18.8. The Kier molecular flexibility index (Phi) is 4.91. The van der Waals surface area contributed by atoms with Crippen molar-refractivity contribution in [3.63, 3.8) is 0 Å². The predicted molar refractivity (Wildman–Crippen MR) is 101 cm³/mol. The van der Waals surface area contributed by atoms with E-state index in [0.717, 1.165) is 27.7 Å². The number of aromatic nitrogens is 1. The van der Waals surface area contributed by atoms with Gasteiger partial charge in [-0.25, -0.2) is 0 Å². The molecule has 0 aliphatic rings. The average Bonchev–Trinajstić information content (AvgIpc) is 2.59. The summed E-state index contributed by atoms with van der Waals surface area (Å²) >= 11 is 0. The first-order chi connectivity index (χ1) is 12.3. The normalized spacial score (nSPS) is 12.2. The molecule has 3 rings (SSSR count). The van der Waals surface area contributed by atoms with Crippen molar-refractivity contribution in [2.24, 2.45) is 0 Å². The number of rotatable bonds is 4. The summed E-state index contributed by atoms with van der Waals surface area (Å²) in [5, 5.41) is 23.4. The van der Waals surface area contributed by atoms with Crippen LogP contribution in [0, 0.1) is 20.8 Å². The van der Waals surface area contributed by atoms with Crippen molar-refractivity contribution in [3.05, 3.63) is 70.4 Å². The van der Waals surface area contributed by atoms with Crippen LogP contribution in [-0.2, 0) is 0 Å². The third-order valence-electron chi connectivity index (χ3n) is 4.33. The van der Waals surface area contributed by atoms with Gasteiger partial charge < -0.3 is 15.5 Å². The molecular weight excluding hydrogens is 328 g/mol. The summed E-state index contributed by atoms with van der Waals surface area (Å²) in [7, 11) is 0. The van der Waals surface area contributed by atoms with Crippen molar-refractivity contribution < 1.29 is 15.0 Å². The lowest BCUT2D eigenvalue weighted by atomic mass is 10.0. The number of nitrogens with one attached hydrogen (secondary N) is 1. The number of nitrogens with zero attached hydrogens (tertiary/aromatic N) is 1. The summed E-state index contributed by atoms with van der Waals surface area (Å²) < 4.78 is 0. The van der Waals surface area contributed by atoms with Crippen LogP contribution in [0.25, 0.3) is 10.9 Å². The van der Waals surface area contributed by atoms with Crippen molar-refractivity contribution in [2.75, 3.05) is 6.54 Å². The van der Waals surface area contributed by atoms with Gasteiger partial charge in [0, 0.05) is 17.6 Å². The third-order valence-corrected chi connectivity index (χ3v) is 4.33. The molecule has 1 aromatic heterocycles. The van der Waals surface area contributed by atoms with E-state index < -0.39 is 6.10 Å². The van der Waals surface area contributed by atoms with Crippen molar-refractivity contribution in [2.45, 2.75) is 26.9 Å². The first kappa shape index (κ1) is 17.9. The lowest BCUT2D eigenvalue weighted by Crippen LogP contribution is -2.28. The number of benzene rings is 2. The number of pyridine rings is 1. The van der Waals surface area contributed by atoms with E-state index >= 15 is 0 Å². The van der Waals surface area contributed by atoms with Gasteiger partial charge >= 0.3 is 0 Å². The second kappa shape index (κ2) is 7.14. The summed E-state index contributed by atoms with van der Waals surface area (Å²) in [6.45, 7) is 5.88. The zero-order valence-electron chi connectivity index (χ0n) is 15.1. The number of hydrogen-bond acceptors (Lipinski definition) is 4. The smallest absolute Gasteiger partial charge is 0.252 e. The Morgan fingerprint density at radius 3 is 2.65 bits per heavy atom. The van der Waals surface area contributed by atoms with Crippen LogP contribution in [0.1, 0.15) is 38.8 Å². The van der Waals surface area contributed by atoms with E-state index in [1.807, 2.05) is 32.9 Å². The molecule has 0 aliphatic heterocycles. The molecule has 2 aromatic carbocycles. The van der Waals surface area contributed by atoms with E-state index in [1.165, 1.54) is 12.1 Å². The molecule has 1 amide bonds. The summed E-state index contributed by atoms with van der Waals surface area (Å²) in [5.41, 5.74) is 4.76.